The highest BCUT2D eigenvalue weighted by Crippen LogP contribution is 2.29. The lowest BCUT2D eigenvalue weighted by molar-refractivity contribution is -0.139. The number of hydrogen-bond acceptors (Lipinski definition) is 4. The molecule has 0 fully saturated rings. The third-order valence-electron chi connectivity index (χ3n) is 5.17. The molecule has 0 aromatic heterocycles. The molecule has 0 unspecified atom stereocenters. The van der Waals surface area contributed by atoms with Crippen LogP contribution < -0.4 is 9.62 Å². The minimum atomic E-state index is -3.86. The summed E-state index contributed by atoms with van der Waals surface area (Å²) in [6, 6.07) is 10.4. The molecule has 7 nitrogen and oxygen atoms in total. The fourth-order valence-electron chi connectivity index (χ4n) is 3.18. The lowest BCUT2D eigenvalue weighted by Crippen LogP contribution is -2.51. The first-order chi connectivity index (χ1) is 16.0. The van der Waals surface area contributed by atoms with Crippen LogP contribution in [0.5, 0.6) is 0 Å². The van der Waals surface area contributed by atoms with Crippen molar-refractivity contribution in [1.82, 2.24) is 10.2 Å². The summed E-state index contributed by atoms with van der Waals surface area (Å²) < 4.78 is 26.0. The summed E-state index contributed by atoms with van der Waals surface area (Å²) in [6.07, 6.45) is 2.70. The highest BCUT2D eigenvalue weighted by molar-refractivity contribution is 7.92. The first-order valence-corrected chi connectivity index (χ1v) is 13.7. The van der Waals surface area contributed by atoms with E-state index in [2.05, 4.69) is 5.32 Å². The van der Waals surface area contributed by atoms with Gasteiger partial charge in [-0.15, -0.1) is 0 Å². The van der Waals surface area contributed by atoms with Gasteiger partial charge in [-0.1, -0.05) is 66.3 Å². The molecule has 0 saturated heterocycles. The topological polar surface area (TPSA) is 86.8 Å². The maximum Gasteiger partial charge on any atom is 0.244 e. The van der Waals surface area contributed by atoms with Gasteiger partial charge in [0.05, 0.1) is 22.0 Å². The van der Waals surface area contributed by atoms with E-state index in [1.165, 1.54) is 23.1 Å². The fraction of sp³-hybridized carbons (Fsp3) is 0.391. The summed E-state index contributed by atoms with van der Waals surface area (Å²) in [5, 5.41) is 3.65. The molecule has 2 aromatic carbocycles. The Morgan fingerprint density at radius 1 is 1.03 bits per heavy atom. The average molecular weight is 549 g/mol. The van der Waals surface area contributed by atoms with Crippen LogP contribution in [0.2, 0.25) is 15.1 Å². The maximum absolute atomic E-state index is 13.5. The Hall–Kier alpha value is -2.00. The number of nitrogens with one attached hydrogen (secondary N) is 1. The summed E-state index contributed by atoms with van der Waals surface area (Å²) in [6.45, 7) is 3.58. The van der Waals surface area contributed by atoms with Crippen LogP contribution in [0.3, 0.4) is 0 Å². The fourth-order valence-corrected chi connectivity index (χ4v) is 4.51. The number of carbonyl (C=O) groups is 2. The Balaban J connectivity index is 2.38. The average Bonchev–Trinajstić information content (AvgIpc) is 2.77. The zero-order valence-electron chi connectivity index (χ0n) is 19.2. The summed E-state index contributed by atoms with van der Waals surface area (Å²) >= 11 is 18.3. The molecule has 0 radical (unpaired) electrons. The van der Waals surface area contributed by atoms with Gasteiger partial charge in [0.1, 0.15) is 12.6 Å². The van der Waals surface area contributed by atoms with E-state index < -0.39 is 28.5 Å². The van der Waals surface area contributed by atoms with Gasteiger partial charge in [-0.05, 0) is 43.2 Å². The molecule has 34 heavy (non-hydrogen) atoms. The van der Waals surface area contributed by atoms with Gasteiger partial charge in [0.2, 0.25) is 21.8 Å². The number of rotatable bonds is 11. The van der Waals surface area contributed by atoms with E-state index in [1.807, 2.05) is 6.92 Å². The molecular formula is C23H28Cl3N3O4S. The van der Waals surface area contributed by atoms with Crippen molar-refractivity contribution >= 4 is 62.3 Å². The molecule has 0 spiro atoms. The van der Waals surface area contributed by atoms with Crippen LogP contribution in [-0.2, 0) is 26.2 Å². The zero-order chi connectivity index (χ0) is 25.5. The molecule has 11 heteroatoms. The highest BCUT2D eigenvalue weighted by Gasteiger charge is 2.30. The monoisotopic (exact) mass is 547 g/mol. The first-order valence-electron chi connectivity index (χ1n) is 10.7. The minimum Gasteiger partial charge on any atom is -0.354 e. The van der Waals surface area contributed by atoms with Crippen molar-refractivity contribution in [3.8, 4) is 0 Å². The highest BCUT2D eigenvalue weighted by atomic mass is 35.5. The van der Waals surface area contributed by atoms with Crippen molar-refractivity contribution in [2.45, 2.75) is 39.3 Å². The maximum atomic E-state index is 13.5. The number of unbranched alkanes of at least 4 members (excludes halogenated alkanes) is 1. The van der Waals surface area contributed by atoms with Crippen LogP contribution in [0, 0.1) is 0 Å². The van der Waals surface area contributed by atoms with Crippen LogP contribution in [0.4, 0.5) is 5.69 Å². The van der Waals surface area contributed by atoms with Crippen LogP contribution in [-0.4, -0.2) is 50.5 Å². The molecule has 0 heterocycles. The van der Waals surface area contributed by atoms with E-state index in [0.717, 1.165) is 23.4 Å². The van der Waals surface area contributed by atoms with Crippen molar-refractivity contribution < 1.29 is 18.0 Å². The number of nitrogens with zero attached hydrogens (tertiary/aromatic N) is 2. The third kappa shape index (κ3) is 7.77. The predicted molar refractivity (Wildman–Crippen MR) is 138 cm³/mol. The molecule has 2 aromatic rings. The predicted octanol–water partition coefficient (Wildman–Crippen LogP) is 4.75. The van der Waals surface area contributed by atoms with Gasteiger partial charge in [-0.2, -0.15) is 0 Å². The molecule has 0 aliphatic heterocycles. The standard InChI is InChI=1S/C23H28Cl3N3O4S/c1-4-5-12-27-23(31)16(2)28(14-17-8-6-7-9-19(17)24)22(30)15-29(34(3,32)33)18-10-11-20(25)21(26)13-18/h6-11,13,16H,4-5,12,14-15H2,1-3H3,(H,27,31)/t16-/m1/s1. The second kappa shape index (κ2) is 12.6. The Morgan fingerprint density at radius 2 is 1.71 bits per heavy atom. The Kier molecular flexibility index (Phi) is 10.5. The molecule has 0 aliphatic carbocycles. The molecule has 0 bridgehead atoms. The van der Waals surface area contributed by atoms with Gasteiger partial charge in [0.15, 0.2) is 0 Å². The van der Waals surface area contributed by atoms with Crippen LogP contribution >= 0.6 is 34.8 Å². The Bertz CT molecular complexity index is 1130. The molecular weight excluding hydrogens is 521 g/mol. The number of carbonyl (C=O) groups excluding carboxylic acids is 2. The minimum absolute atomic E-state index is 0.0276. The number of amides is 2. The van der Waals surface area contributed by atoms with Gasteiger partial charge in [0.25, 0.3) is 0 Å². The van der Waals surface area contributed by atoms with Crippen molar-refractivity contribution in [3.05, 3.63) is 63.1 Å². The van der Waals surface area contributed by atoms with Crippen LogP contribution in [0.15, 0.2) is 42.5 Å². The smallest absolute Gasteiger partial charge is 0.244 e. The second-order valence-electron chi connectivity index (χ2n) is 7.80. The van der Waals surface area contributed by atoms with Crippen molar-refractivity contribution in [2.75, 3.05) is 23.7 Å². The van der Waals surface area contributed by atoms with Crippen LogP contribution in [0.1, 0.15) is 32.3 Å². The van der Waals surface area contributed by atoms with Gasteiger partial charge in [-0.3, -0.25) is 13.9 Å². The van der Waals surface area contributed by atoms with E-state index in [1.54, 1.807) is 31.2 Å². The Labute approximate surface area is 216 Å². The molecule has 2 rings (SSSR count). The SMILES string of the molecule is CCCCNC(=O)[C@@H](C)N(Cc1ccccc1Cl)C(=O)CN(c1ccc(Cl)c(Cl)c1)S(C)(=O)=O. The van der Waals surface area contributed by atoms with E-state index in [0.29, 0.717) is 17.1 Å². The molecule has 1 atom stereocenters. The molecule has 2 amide bonds. The largest absolute Gasteiger partial charge is 0.354 e. The normalized spacial score (nSPS) is 12.2. The molecule has 0 saturated carbocycles. The number of anilines is 1. The molecule has 1 N–H and O–H groups in total. The summed E-state index contributed by atoms with van der Waals surface area (Å²) in [4.78, 5) is 27.5. The molecule has 0 aliphatic rings. The lowest BCUT2D eigenvalue weighted by Gasteiger charge is -2.31. The quantitative estimate of drug-likeness (QED) is 0.411. The van der Waals surface area contributed by atoms with Gasteiger partial charge in [0, 0.05) is 18.1 Å². The number of hydrogen-bond donors (Lipinski definition) is 1. The van der Waals surface area contributed by atoms with Gasteiger partial charge in [-0.25, -0.2) is 8.42 Å². The molecule has 186 valence electrons. The van der Waals surface area contributed by atoms with Crippen molar-refractivity contribution in [2.24, 2.45) is 0 Å². The van der Waals surface area contributed by atoms with Gasteiger partial charge >= 0.3 is 0 Å². The van der Waals surface area contributed by atoms with Crippen LogP contribution in [0.25, 0.3) is 0 Å². The number of benzene rings is 2. The van der Waals surface area contributed by atoms with E-state index >= 15 is 0 Å². The summed E-state index contributed by atoms with van der Waals surface area (Å²) in [7, 11) is -3.86. The van der Waals surface area contributed by atoms with Crippen molar-refractivity contribution in [1.29, 1.82) is 0 Å². The second-order valence-corrected chi connectivity index (χ2v) is 10.9. The summed E-state index contributed by atoms with van der Waals surface area (Å²) in [5.41, 5.74) is 0.814. The van der Waals surface area contributed by atoms with Gasteiger partial charge < -0.3 is 10.2 Å². The Morgan fingerprint density at radius 3 is 2.29 bits per heavy atom. The number of halogens is 3. The van der Waals surface area contributed by atoms with E-state index in [9.17, 15) is 18.0 Å². The van der Waals surface area contributed by atoms with E-state index in [-0.39, 0.29) is 28.2 Å². The van der Waals surface area contributed by atoms with E-state index in [4.69, 9.17) is 34.8 Å². The summed E-state index contributed by atoms with van der Waals surface area (Å²) in [5.74, 6) is -0.913. The number of sulfonamides is 1. The zero-order valence-corrected chi connectivity index (χ0v) is 22.3. The third-order valence-corrected chi connectivity index (χ3v) is 7.41. The first kappa shape index (κ1) is 28.2. The lowest BCUT2D eigenvalue weighted by atomic mass is 10.1. The van der Waals surface area contributed by atoms with Crippen molar-refractivity contribution in [3.63, 3.8) is 0 Å².